The van der Waals surface area contributed by atoms with Crippen LogP contribution in [0.5, 0.6) is 0 Å². The molecule has 72 valence electrons. The number of hydrogen-bond donors (Lipinski definition) is 1. The van der Waals surface area contributed by atoms with Crippen molar-refractivity contribution < 1.29 is 4.79 Å². The van der Waals surface area contributed by atoms with Crippen molar-refractivity contribution in [2.24, 2.45) is 5.41 Å². The Morgan fingerprint density at radius 3 is 2.46 bits per heavy atom. The van der Waals surface area contributed by atoms with Crippen molar-refractivity contribution in [2.45, 2.75) is 13.8 Å². The number of carbonyl (C=O) groups is 1. The molecule has 1 aliphatic rings. The van der Waals surface area contributed by atoms with Gasteiger partial charge in [-0.15, -0.1) is 0 Å². The first-order valence-corrected chi connectivity index (χ1v) is 4.49. The summed E-state index contributed by atoms with van der Waals surface area (Å²) in [5, 5.41) is 11.9. The quantitative estimate of drug-likeness (QED) is 0.618. The Hall–Kier alpha value is -1.08. The molecule has 0 atom stereocenters. The standard InChI is InChI=1S/C9H15N3O/c1-9(2,7-10)8(13)12-5-3-11-4-6-12/h11H,3-6H2,1-2H3. The van der Waals surface area contributed by atoms with Gasteiger partial charge in [0.15, 0.2) is 0 Å². The first-order valence-electron chi connectivity index (χ1n) is 4.49. The SMILES string of the molecule is CC(C)(C#N)C(=O)N1CCNCC1. The molecule has 4 heteroatoms. The van der Waals surface area contributed by atoms with Crippen LogP contribution in [0.25, 0.3) is 0 Å². The summed E-state index contributed by atoms with van der Waals surface area (Å²) in [6.45, 7) is 6.41. The number of hydrogen-bond acceptors (Lipinski definition) is 3. The van der Waals surface area contributed by atoms with Crippen LogP contribution in [0.4, 0.5) is 0 Å². The maximum absolute atomic E-state index is 11.7. The highest BCUT2D eigenvalue weighted by molar-refractivity contribution is 5.84. The van der Waals surface area contributed by atoms with E-state index in [2.05, 4.69) is 5.32 Å². The van der Waals surface area contributed by atoms with Crippen LogP contribution >= 0.6 is 0 Å². The number of rotatable bonds is 1. The molecule has 1 aliphatic heterocycles. The summed E-state index contributed by atoms with van der Waals surface area (Å²) in [6.07, 6.45) is 0. The molecule has 1 heterocycles. The van der Waals surface area contributed by atoms with Crippen LogP contribution in [0.15, 0.2) is 0 Å². The molecular weight excluding hydrogens is 166 g/mol. The lowest BCUT2D eigenvalue weighted by atomic mass is 9.93. The fourth-order valence-corrected chi connectivity index (χ4v) is 1.31. The van der Waals surface area contributed by atoms with Gasteiger partial charge in [0.2, 0.25) is 5.91 Å². The first kappa shape index (κ1) is 10.0. The number of piperazine rings is 1. The Labute approximate surface area is 78.5 Å². The van der Waals surface area contributed by atoms with Crippen molar-refractivity contribution in [3.8, 4) is 6.07 Å². The summed E-state index contributed by atoms with van der Waals surface area (Å²) >= 11 is 0. The van der Waals surface area contributed by atoms with Crippen molar-refractivity contribution in [1.82, 2.24) is 10.2 Å². The highest BCUT2D eigenvalue weighted by atomic mass is 16.2. The average Bonchev–Trinajstić information content (AvgIpc) is 2.18. The Kier molecular flexibility index (Phi) is 2.89. The molecular formula is C9H15N3O. The normalized spacial score (nSPS) is 18.1. The molecule has 4 nitrogen and oxygen atoms in total. The van der Waals surface area contributed by atoms with Gasteiger partial charge in [0.1, 0.15) is 5.41 Å². The molecule has 0 spiro atoms. The maximum atomic E-state index is 11.7. The van der Waals surface area contributed by atoms with Gasteiger partial charge in [-0.3, -0.25) is 4.79 Å². The molecule has 0 radical (unpaired) electrons. The molecule has 0 aromatic heterocycles. The van der Waals surface area contributed by atoms with Crippen molar-refractivity contribution in [3.63, 3.8) is 0 Å². The van der Waals surface area contributed by atoms with E-state index in [0.717, 1.165) is 13.1 Å². The minimum absolute atomic E-state index is 0.0588. The molecule has 0 aliphatic carbocycles. The molecule has 0 bridgehead atoms. The summed E-state index contributed by atoms with van der Waals surface area (Å²) < 4.78 is 0. The number of carbonyl (C=O) groups excluding carboxylic acids is 1. The van der Waals surface area contributed by atoms with Crippen molar-refractivity contribution in [1.29, 1.82) is 5.26 Å². The zero-order valence-electron chi connectivity index (χ0n) is 8.13. The van der Waals surface area contributed by atoms with E-state index >= 15 is 0 Å². The zero-order valence-corrected chi connectivity index (χ0v) is 8.13. The lowest BCUT2D eigenvalue weighted by Crippen LogP contribution is -2.50. The number of nitrogens with zero attached hydrogens (tertiary/aromatic N) is 2. The highest BCUT2D eigenvalue weighted by Crippen LogP contribution is 2.17. The molecule has 0 aromatic rings. The summed E-state index contributed by atoms with van der Waals surface area (Å²) in [6, 6.07) is 2.03. The Morgan fingerprint density at radius 2 is 2.00 bits per heavy atom. The fourth-order valence-electron chi connectivity index (χ4n) is 1.31. The Bertz CT molecular complexity index is 236. The number of nitriles is 1. The van der Waals surface area contributed by atoms with E-state index < -0.39 is 5.41 Å². The Balaban J connectivity index is 2.61. The van der Waals surface area contributed by atoms with Crippen molar-refractivity contribution in [2.75, 3.05) is 26.2 Å². The van der Waals surface area contributed by atoms with Gasteiger partial charge in [0.25, 0.3) is 0 Å². The van der Waals surface area contributed by atoms with Gasteiger partial charge < -0.3 is 10.2 Å². The summed E-state index contributed by atoms with van der Waals surface area (Å²) in [7, 11) is 0. The smallest absolute Gasteiger partial charge is 0.242 e. The van der Waals surface area contributed by atoms with Crippen LogP contribution in [0.2, 0.25) is 0 Å². The van der Waals surface area contributed by atoms with Crippen LogP contribution in [0, 0.1) is 16.7 Å². The third-order valence-corrected chi connectivity index (χ3v) is 2.22. The van der Waals surface area contributed by atoms with Gasteiger partial charge in [-0.2, -0.15) is 5.26 Å². The van der Waals surface area contributed by atoms with Gasteiger partial charge >= 0.3 is 0 Å². The minimum Gasteiger partial charge on any atom is -0.339 e. The topological polar surface area (TPSA) is 56.1 Å². The number of nitrogens with one attached hydrogen (secondary N) is 1. The van der Waals surface area contributed by atoms with Crippen LogP contribution in [-0.4, -0.2) is 37.0 Å². The summed E-state index contributed by atoms with van der Waals surface area (Å²) in [5.74, 6) is -0.0588. The van der Waals surface area contributed by atoms with E-state index in [0.29, 0.717) is 13.1 Å². The van der Waals surface area contributed by atoms with E-state index in [-0.39, 0.29) is 5.91 Å². The van der Waals surface area contributed by atoms with Crippen LogP contribution in [0.1, 0.15) is 13.8 Å². The fraction of sp³-hybridized carbons (Fsp3) is 0.778. The molecule has 1 saturated heterocycles. The molecule has 1 rings (SSSR count). The Morgan fingerprint density at radius 1 is 1.46 bits per heavy atom. The van der Waals surface area contributed by atoms with E-state index in [4.69, 9.17) is 5.26 Å². The van der Waals surface area contributed by atoms with Gasteiger partial charge in [0, 0.05) is 26.2 Å². The minimum atomic E-state index is -0.878. The van der Waals surface area contributed by atoms with E-state index in [1.165, 1.54) is 0 Å². The van der Waals surface area contributed by atoms with Gasteiger partial charge in [0.05, 0.1) is 6.07 Å². The van der Waals surface area contributed by atoms with Crippen LogP contribution in [0.3, 0.4) is 0 Å². The summed E-state index contributed by atoms with van der Waals surface area (Å²) in [5.41, 5.74) is -0.878. The molecule has 1 amide bonds. The number of amides is 1. The zero-order chi connectivity index (χ0) is 9.90. The second kappa shape index (κ2) is 3.75. The highest BCUT2D eigenvalue weighted by Gasteiger charge is 2.32. The predicted octanol–water partition coefficient (Wildman–Crippen LogP) is -0.0320. The second-order valence-electron chi connectivity index (χ2n) is 3.78. The molecule has 13 heavy (non-hydrogen) atoms. The molecule has 0 aromatic carbocycles. The monoisotopic (exact) mass is 181 g/mol. The summed E-state index contributed by atoms with van der Waals surface area (Å²) in [4.78, 5) is 13.5. The predicted molar refractivity (Wildman–Crippen MR) is 48.8 cm³/mol. The van der Waals surface area contributed by atoms with Crippen molar-refractivity contribution >= 4 is 5.91 Å². The van der Waals surface area contributed by atoms with E-state index in [9.17, 15) is 4.79 Å². The van der Waals surface area contributed by atoms with E-state index in [1.807, 2.05) is 6.07 Å². The second-order valence-corrected chi connectivity index (χ2v) is 3.78. The van der Waals surface area contributed by atoms with Gasteiger partial charge in [-0.1, -0.05) is 0 Å². The lowest BCUT2D eigenvalue weighted by molar-refractivity contribution is -0.138. The maximum Gasteiger partial charge on any atom is 0.242 e. The average molecular weight is 181 g/mol. The third kappa shape index (κ3) is 2.19. The largest absolute Gasteiger partial charge is 0.339 e. The third-order valence-electron chi connectivity index (χ3n) is 2.22. The van der Waals surface area contributed by atoms with Crippen LogP contribution in [-0.2, 0) is 4.79 Å². The molecule has 1 N–H and O–H groups in total. The van der Waals surface area contributed by atoms with Gasteiger partial charge in [-0.25, -0.2) is 0 Å². The van der Waals surface area contributed by atoms with Gasteiger partial charge in [-0.05, 0) is 13.8 Å². The molecule has 0 saturated carbocycles. The molecule has 0 unspecified atom stereocenters. The molecule has 1 fully saturated rings. The first-order chi connectivity index (χ1) is 6.08. The van der Waals surface area contributed by atoms with Crippen LogP contribution < -0.4 is 5.32 Å². The lowest BCUT2D eigenvalue weighted by Gasteiger charge is -2.31. The van der Waals surface area contributed by atoms with Crippen molar-refractivity contribution in [3.05, 3.63) is 0 Å². The van der Waals surface area contributed by atoms with E-state index in [1.54, 1.807) is 18.7 Å².